The van der Waals surface area contributed by atoms with Crippen molar-refractivity contribution in [3.05, 3.63) is 84.3 Å². The van der Waals surface area contributed by atoms with E-state index in [1.54, 1.807) is 0 Å². The number of aryl methyl sites for hydroxylation is 1. The average Bonchev–Trinajstić information content (AvgIpc) is 3.37. The van der Waals surface area contributed by atoms with Gasteiger partial charge in [-0.1, -0.05) is 74.0 Å². The summed E-state index contributed by atoms with van der Waals surface area (Å²) in [6, 6.07) is 25.6. The molecule has 0 saturated heterocycles. The quantitative estimate of drug-likeness (QED) is 0.350. The molecule has 2 heterocycles. The van der Waals surface area contributed by atoms with Crippen molar-refractivity contribution < 1.29 is 4.42 Å². The normalized spacial score (nSPS) is 11.5. The molecule has 0 amide bonds. The second-order valence-electron chi connectivity index (χ2n) is 7.42. The van der Waals surface area contributed by atoms with Gasteiger partial charge in [0, 0.05) is 23.9 Å². The Bertz CT molecular complexity index is 1280. The molecular formula is C25H23N3O. The first-order chi connectivity index (χ1) is 14.3. The van der Waals surface area contributed by atoms with Crippen LogP contribution in [-0.4, -0.2) is 14.8 Å². The summed E-state index contributed by atoms with van der Waals surface area (Å²) < 4.78 is 8.31. The van der Waals surface area contributed by atoms with Gasteiger partial charge in [-0.2, -0.15) is 0 Å². The Morgan fingerprint density at radius 3 is 2.55 bits per heavy atom. The number of fused-ring (bicyclic) bond motifs is 2. The molecule has 2 aromatic heterocycles. The van der Waals surface area contributed by atoms with Crippen LogP contribution in [0.5, 0.6) is 0 Å². The standard InChI is InChI=1S/C25H23N3O/c1-2-3-15-24-26-27-25(29-24)23-16-19-10-5-7-14-22(19)28(23)17-20-12-8-11-18-9-4-6-13-21(18)20/h4-14,16H,2-3,15,17H2,1H3. The van der Waals surface area contributed by atoms with Gasteiger partial charge in [0.1, 0.15) is 5.69 Å². The third kappa shape index (κ3) is 3.31. The largest absolute Gasteiger partial charge is 0.419 e. The van der Waals surface area contributed by atoms with E-state index in [9.17, 15) is 0 Å². The number of nitrogens with zero attached hydrogens (tertiary/aromatic N) is 3. The lowest BCUT2D eigenvalue weighted by Crippen LogP contribution is -2.02. The molecule has 0 bridgehead atoms. The molecule has 0 aliphatic carbocycles. The van der Waals surface area contributed by atoms with E-state index in [0.29, 0.717) is 11.8 Å². The zero-order valence-corrected chi connectivity index (χ0v) is 16.5. The molecule has 0 N–H and O–H groups in total. The predicted octanol–water partition coefficient (Wildman–Crippen LogP) is 6.24. The molecule has 0 spiro atoms. The van der Waals surface area contributed by atoms with Gasteiger partial charge in [-0.15, -0.1) is 10.2 Å². The summed E-state index contributed by atoms with van der Waals surface area (Å²) in [6.07, 6.45) is 2.99. The van der Waals surface area contributed by atoms with Crippen molar-refractivity contribution >= 4 is 21.7 Å². The van der Waals surface area contributed by atoms with E-state index in [2.05, 4.69) is 94.5 Å². The summed E-state index contributed by atoms with van der Waals surface area (Å²) in [7, 11) is 0. The van der Waals surface area contributed by atoms with E-state index in [0.717, 1.165) is 31.5 Å². The molecule has 0 aliphatic rings. The highest BCUT2D eigenvalue weighted by Crippen LogP contribution is 2.30. The summed E-state index contributed by atoms with van der Waals surface area (Å²) >= 11 is 0. The molecule has 0 unspecified atom stereocenters. The summed E-state index contributed by atoms with van der Waals surface area (Å²) in [5.74, 6) is 1.30. The van der Waals surface area contributed by atoms with Crippen molar-refractivity contribution in [2.45, 2.75) is 32.7 Å². The number of rotatable bonds is 6. The van der Waals surface area contributed by atoms with Crippen LogP contribution >= 0.6 is 0 Å². The molecule has 0 radical (unpaired) electrons. The number of hydrogen-bond acceptors (Lipinski definition) is 3. The number of hydrogen-bond donors (Lipinski definition) is 0. The van der Waals surface area contributed by atoms with Gasteiger partial charge in [0.15, 0.2) is 0 Å². The van der Waals surface area contributed by atoms with Gasteiger partial charge in [0.2, 0.25) is 5.89 Å². The topological polar surface area (TPSA) is 43.9 Å². The minimum absolute atomic E-state index is 0.590. The zero-order valence-electron chi connectivity index (χ0n) is 16.5. The smallest absolute Gasteiger partial charge is 0.264 e. The van der Waals surface area contributed by atoms with Crippen LogP contribution in [0.25, 0.3) is 33.3 Å². The molecule has 4 nitrogen and oxygen atoms in total. The SMILES string of the molecule is CCCCc1nnc(-c2cc3ccccc3n2Cc2cccc3ccccc23)o1. The highest BCUT2D eigenvalue weighted by molar-refractivity contribution is 5.88. The van der Waals surface area contributed by atoms with Crippen molar-refractivity contribution in [2.24, 2.45) is 0 Å². The van der Waals surface area contributed by atoms with Crippen LogP contribution in [0.4, 0.5) is 0 Å². The molecule has 5 aromatic rings. The minimum Gasteiger partial charge on any atom is -0.419 e. The first-order valence-corrected chi connectivity index (χ1v) is 10.2. The average molecular weight is 381 g/mol. The fraction of sp³-hybridized carbons (Fsp3) is 0.200. The summed E-state index contributed by atoms with van der Waals surface area (Å²) in [6.45, 7) is 2.91. The Kier molecular flexibility index (Phi) is 4.60. The molecule has 4 heteroatoms. The van der Waals surface area contributed by atoms with E-state index >= 15 is 0 Å². The lowest BCUT2D eigenvalue weighted by molar-refractivity contribution is 0.492. The molecule has 3 aromatic carbocycles. The van der Waals surface area contributed by atoms with Gasteiger partial charge >= 0.3 is 0 Å². The van der Waals surface area contributed by atoms with E-state index in [1.165, 1.54) is 27.2 Å². The molecule has 0 aliphatic heterocycles. The lowest BCUT2D eigenvalue weighted by Gasteiger charge is -2.11. The Labute approximate surface area is 169 Å². The van der Waals surface area contributed by atoms with Gasteiger partial charge in [0.05, 0.1) is 0 Å². The van der Waals surface area contributed by atoms with Crippen LogP contribution in [0.2, 0.25) is 0 Å². The number of benzene rings is 3. The second-order valence-corrected chi connectivity index (χ2v) is 7.42. The third-order valence-corrected chi connectivity index (χ3v) is 5.45. The van der Waals surface area contributed by atoms with Crippen molar-refractivity contribution in [3.63, 3.8) is 0 Å². The van der Waals surface area contributed by atoms with E-state index in [4.69, 9.17) is 4.42 Å². The van der Waals surface area contributed by atoms with Gasteiger partial charge in [-0.25, -0.2) is 0 Å². The van der Waals surface area contributed by atoms with Crippen LogP contribution in [0, 0.1) is 0 Å². The van der Waals surface area contributed by atoms with Crippen LogP contribution < -0.4 is 0 Å². The van der Waals surface area contributed by atoms with Gasteiger partial charge in [0.25, 0.3) is 5.89 Å². The molecule has 5 rings (SSSR count). The number of aromatic nitrogens is 3. The maximum absolute atomic E-state index is 6.02. The monoisotopic (exact) mass is 381 g/mol. The van der Waals surface area contributed by atoms with Crippen LogP contribution in [-0.2, 0) is 13.0 Å². The van der Waals surface area contributed by atoms with Crippen molar-refractivity contribution in [3.8, 4) is 11.6 Å². The van der Waals surface area contributed by atoms with Crippen molar-refractivity contribution in [2.75, 3.05) is 0 Å². The van der Waals surface area contributed by atoms with E-state index in [-0.39, 0.29) is 0 Å². The third-order valence-electron chi connectivity index (χ3n) is 5.45. The number of unbranched alkanes of at least 4 members (excludes halogenated alkanes) is 1. The Morgan fingerprint density at radius 2 is 1.66 bits per heavy atom. The fourth-order valence-electron chi connectivity index (χ4n) is 3.94. The second kappa shape index (κ2) is 7.55. The maximum atomic E-state index is 6.02. The maximum Gasteiger partial charge on any atom is 0.264 e. The molecular weight excluding hydrogens is 358 g/mol. The predicted molar refractivity (Wildman–Crippen MR) is 117 cm³/mol. The number of para-hydroxylation sites is 1. The van der Waals surface area contributed by atoms with E-state index in [1.807, 2.05) is 0 Å². The molecule has 0 atom stereocenters. The van der Waals surface area contributed by atoms with Gasteiger partial charge < -0.3 is 8.98 Å². The first kappa shape index (κ1) is 17.7. The minimum atomic E-state index is 0.590. The molecule has 0 fully saturated rings. The Hall–Kier alpha value is -3.40. The van der Waals surface area contributed by atoms with Gasteiger partial charge in [-0.05, 0) is 34.9 Å². The Balaban J connectivity index is 1.63. The van der Waals surface area contributed by atoms with Crippen LogP contribution in [0.1, 0.15) is 31.2 Å². The highest BCUT2D eigenvalue weighted by Gasteiger charge is 2.17. The van der Waals surface area contributed by atoms with Crippen molar-refractivity contribution in [1.29, 1.82) is 0 Å². The zero-order chi connectivity index (χ0) is 19.6. The Morgan fingerprint density at radius 1 is 0.862 bits per heavy atom. The highest BCUT2D eigenvalue weighted by atomic mass is 16.4. The fourth-order valence-corrected chi connectivity index (χ4v) is 3.94. The lowest BCUT2D eigenvalue weighted by atomic mass is 10.0. The van der Waals surface area contributed by atoms with Crippen LogP contribution in [0.15, 0.2) is 77.2 Å². The molecule has 144 valence electrons. The van der Waals surface area contributed by atoms with Crippen LogP contribution in [0.3, 0.4) is 0 Å². The summed E-state index contributed by atoms with van der Waals surface area (Å²) in [5.41, 5.74) is 3.41. The molecule has 29 heavy (non-hydrogen) atoms. The van der Waals surface area contributed by atoms with Gasteiger partial charge in [-0.3, -0.25) is 0 Å². The summed E-state index contributed by atoms with van der Waals surface area (Å²) in [4.78, 5) is 0. The summed E-state index contributed by atoms with van der Waals surface area (Å²) in [5, 5.41) is 12.3. The van der Waals surface area contributed by atoms with E-state index < -0.39 is 0 Å². The molecule has 0 saturated carbocycles. The first-order valence-electron chi connectivity index (χ1n) is 10.2. The van der Waals surface area contributed by atoms with Crippen molar-refractivity contribution in [1.82, 2.24) is 14.8 Å².